The lowest BCUT2D eigenvalue weighted by Gasteiger charge is -2.29. The number of ether oxygens (including phenoxy) is 1. The highest BCUT2D eigenvalue weighted by Crippen LogP contribution is 2.28. The molecule has 0 aromatic heterocycles. The van der Waals surface area contributed by atoms with E-state index in [1.165, 1.54) is 18.6 Å². The topological polar surface area (TPSA) is 41.6 Å². The molecule has 0 unspecified atom stereocenters. The van der Waals surface area contributed by atoms with Crippen LogP contribution >= 0.6 is 11.8 Å². The average molecular weight is 284 g/mol. The van der Waals surface area contributed by atoms with E-state index in [0.29, 0.717) is 11.3 Å². The van der Waals surface area contributed by atoms with Gasteiger partial charge in [-0.2, -0.15) is 11.8 Å². The number of nitrogens with zero attached hydrogens (tertiary/aromatic N) is 1. The molecule has 0 aromatic rings. The second kappa shape index (κ2) is 6.35. The van der Waals surface area contributed by atoms with Crippen LogP contribution in [-0.4, -0.2) is 53.8 Å². The van der Waals surface area contributed by atoms with Gasteiger partial charge in [0.2, 0.25) is 0 Å². The maximum absolute atomic E-state index is 12.3. The fourth-order valence-electron chi connectivity index (χ4n) is 3.45. The van der Waals surface area contributed by atoms with Crippen molar-refractivity contribution in [2.75, 3.05) is 25.4 Å². The number of rotatable bonds is 3. The highest BCUT2D eigenvalue weighted by Gasteiger charge is 2.36. The van der Waals surface area contributed by atoms with E-state index in [0.717, 1.165) is 45.4 Å². The number of hydrogen-bond acceptors (Lipinski definition) is 3. The van der Waals surface area contributed by atoms with Crippen LogP contribution in [-0.2, 0) is 4.74 Å². The fourth-order valence-corrected chi connectivity index (χ4v) is 4.65. The lowest BCUT2D eigenvalue weighted by atomic mass is 10.1. The van der Waals surface area contributed by atoms with Gasteiger partial charge < -0.3 is 15.0 Å². The molecule has 19 heavy (non-hydrogen) atoms. The van der Waals surface area contributed by atoms with Crippen molar-refractivity contribution in [2.24, 2.45) is 0 Å². The summed E-state index contributed by atoms with van der Waals surface area (Å²) < 4.78 is 5.77. The summed E-state index contributed by atoms with van der Waals surface area (Å²) in [7, 11) is 0. The highest BCUT2D eigenvalue weighted by molar-refractivity contribution is 8.00. The van der Waals surface area contributed by atoms with E-state index < -0.39 is 0 Å². The zero-order valence-corrected chi connectivity index (χ0v) is 12.3. The molecule has 1 N–H and O–H groups in total. The van der Waals surface area contributed by atoms with Crippen LogP contribution in [0, 0.1) is 0 Å². The van der Waals surface area contributed by atoms with Crippen LogP contribution in [0.2, 0.25) is 0 Å². The largest absolute Gasteiger partial charge is 0.376 e. The Morgan fingerprint density at radius 3 is 2.95 bits per heavy atom. The zero-order valence-electron chi connectivity index (χ0n) is 11.5. The molecular weight excluding hydrogens is 260 g/mol. The Morgan fingerprint density at radius 2 is 2.21 bits per heavy atom. The van der Waals surface area contributed by atoms with Crippen LogP contribution in [0.1, 0.15) is 38.5 Å². The lowest BCUT2D eigenvalue weighted by molar-refractivity contribution is 0.0521. The van der Waals surface area contributed by atoms with Gasteiger partial charge in [-0.25, -0.2) is 4.79 Å². The summed E-state index contributed by atoms with van der Waals surface area (Å²) in [6.45, 7) is 2.60. The Labute approximate surface area is 119 Å². The number of nitrogens with one attached hydrogen (secondary N) is 1. The van der Waals surface area contributed by atoms with E-state index in [1.54, 1.807) is 0 Å². The zero-order chi connectivity index (χ0) is 13.1. The van der Waals surface area contributed by atoms with E-state index >= 15 is 0 Å². The SMILES string of the molecule is O=C(NC[C@@H]1CCCS1)N1CCC[C@@H]1[C@@H]1CCCO1. The predicted octanol–water partition coefficient (Wildman–Crippen LogP) is 2.24. The highest BCUT2D eigenvalue weighted by atomic mass is 32.2. The summed E-state index contributed by atoms with van der Waals surface area (Å²) in [5.41, 5.74) is 0. The van der Waals surface area contributed by atoms with Gasteiger partial charge in [-0.05, 0) is 44.3 Å². The first-order valence-electron chi connectivity index (χ1n) is 7.62. The van der Waals surface area contributed by atoms with E-state index in [4.69, 9.17) is 4.74 Å². The Balaban J connectivity index is 1.49. The molecule has 0 radical (unpaired) electrons. The maximum atomic E-state index is 12.3. The molecule has 3 saturated heterocycles. The molecule has 0 saturated carbocycles. The molecule has 3 aliphatic rings. The first-order chi connectivity index (χ1) is 9.34. The van der Waals surface area contributed by atoms with Crippen molar-refractivity contribution in [2.45, 2.75) is 55.9 Å². The fraction of sp³-hybridized carbons (Fsp3) is 0.929. The van der Waals surface area contributed by atoms with Gasteiger partial charge in [0, 0.05) is 24.9 Å². The molecule has 4 nitrogen and oxygen atoms in total. The van der Waals surface area contributed by atoms with Crippen molar-refractivity contribution < 1.29 is 9.53 Å². The lowest BCUT2D eigenvalue weighted by Crippen LogP contribution is -2.48. The molecule has 0 aromatic carbocycles. The Kier molecular flexibility index (Phi) is 4.53. The van der Waals surface area contributed by atoms with E-state index in [2.05, 4.69) is 5.32 Å². The van der Waals surface area contributed by atoms with Crippen LogP contribution in [0.4, 0.5) is 4.79 Å². The Bertz CT molecular complexity index is 315. The molecule has 3 rings (SSSR count). The summed E-state index contributed by atoms with van der Waals surface area (Å²) in [5.74, 6) is 1.25. The molecule has 3 heterocycles. The minimum absolute atomic E-state index is 0.130. The van der Waals surface area contributed by atoms with E-state index in [9.17, 15) is 4.79 Å². The Morgan fingerprint density at radius 1 is 1.26 bits per heavy atom. The van der Waals surface area contributed by atoms with Crippen molar-refractivity contribution in [3.8, 4) is 0 Å². The second-order valence-electron chi connectivity index (χ2n) is 5.78. The normalized spacial score (nSPS) is 34.9. The van der Waals surface area contributed by atoms with Crippen LogP contribution in [0.15, 0.2) is 0 Å². The maximum Gasteiger partial charge on any atom is 0.317 e. The van der Waals surface area contributed by atoms with Gasteiger partial charge in [-0.1, -0.05) is 0 Å². The minimum atomic E-state index is 0.130. The standard InChI is InChI=1S/C14H24N2O2S/c17-14(15-10-11-4-3-9-19-11)16-7-1-5-12(16)13-6-2-8-18-13/h11-13H,1-10H2,(H,15,17)/t11-,12+,13-/m0/s1. The number of urea groups is 1. The number of amides is 2. The third-order valence-corrected chi connectivity index (χ3v) is 5.86. The van der Waals surface area contributed by atoms with Gasteiger partial charge in [0.25, 0.3) is 0 Å². The predicted molar refractivity (Wildman–Crippen MR) is 77.6 cm³/mol. The molecule has 108 valence electrons. The van der Waals surface area contributed by atoms with Gasteiger partial charge in [-0.15, -0.1) is 0 Å². The molecule has 3 aliphatic heterocycles. The van der Waals surface area contributed by atoms with Crippen molar-refractivity contribution >= 4 is 17.8 Å². The third kappa shape index (κ3) is 3.19. The number of thioether (sulfide) groups is 1. The number of likely N-dealkylation sites (tertiary alicyclic amines) is 1. The van der Waals surface area contributed by atoms with Crippen molar-refractivity contribution in [3.63, 3.8) is 0 Å². The Hall–Kier alpha value is -0.420. The molecule has 0 bridgehead atoms. The van der Waals surface area contributed by atoms with Crippen molar-refractivity contribution in [1.29, 1.82) is 0 Å². The second-order valence-corrected chi connectivity index (χ2v) is 7.18. The van der Waals surface area contributed by atoms with Crippen LogP contribution in [0.25, 0.3) is 0 Å². The summed E-state index contributed by atoms with van der Waals surface area (Å²) >= 11 is 2.00. The summed E-state index contributed by atoms with van der Waals surface area (Å²) in [4.78, 5) is 14.3. The van der Waals surface area contributed by atoms with Crippen molar-refractivity contribution in [3.05, 3.63) is 0 Å². The van der Waals surface area contributed by atoms with Crippen LogP contribution in [0.3, 0.4) is 0 Å². The monoisotopic (exact) mass is 284 g/mol. The molecule has 3 fully saturated rings. The van der Waals surface area contributed by atoms with Crippen LogP contribution < -0.4 is 5.32 Å². The molecule has 5 heteroatoms. The number of carbonyl (C=O) groups excluding carboxylic acids is 1. The summed E-state index contributed by atoms with van der Waals surface area (Å²) in [6, 6.07) is 0.448. The molecule has 3 atom stereocenters. The molecule has 0 spiro atoms. The van der Waals surface area contributed by atoms with Gasteiger partial charge in [0.15, 0.2) is 0 Å². The minimum Gasteiger partial charge on any atom is -0.376 e. The number of carbonyl (C=O) groups is 1. The van der Waals surface area contributed by atoms with Gasteiger partial charge in [0.05, 0.1) is 12.1 Å². The smallest absolute Gasteiger partial charge is 0.317 e. The van der Waals surface area contributed by atoms with Crippen molar-refractivity contribution in [1.82, 2.24) is 10.2 Å². The van der Waals surface area contributed by atoms with E-state index in [1.807, 2.05) is 16.7 Å². The number of hydrogen-bond donors (Lipinski definition) is 1. The van der Waals surface area contributed by atoms with Gasteiger partial charge in [-0.3, -0.25) is 0 Å². The molecular formula is C14H24N2O2S. The third-order valence-electron chi connectivity index (χ3n) is 4.46. The van der Waals surface area contributed by atoms with E-state index in [-0.39, 0.29) is 12.1 Å². The first-order valence-corrected chi connectivity index (χ1v) is 8.67. The average Bonchev–Trinajstić information content (AvgIpc) is 3.14. The summed E-state index contributed by atoms with van der Waals surface area (Å²) in [5, 5.41) is 3.76. The van der Waals surface area contributed by atoms with Gasteiger partial charge >= 0.3 is 6.03 Å². The quantitative estimate of drug-likeness (QED) is 0.864. The summed E-state index contributed by atoms with van der Waals surface area (Å²) in [6.07, 6.45) is 7.33. The molecule has 2 amide bonds. The molecule has 0 aliphatic carbocycles. The first kappa shape index (κ1) is 13.6. The van der Waals surface area contributed by atoms with Gasteiger partial charge in [0.1, 0.15) is 0 Å². The van der Waals surface area contributed by atoms with Crippen LogP contribution in [0.5, 0.6) is 0 Å².